The van der Waals surface area contributed by atoms with Crippen molar-refractivity contribution in [1.82, 2.24) is 30.8 Å². The van der Waals surface area contributed by atoms with Crippen molar-refractivity contribution >= 4 is 47.3 Å². The van der Waals surface area contributed by atoms with Crippen LogP contribution < -0.4 is 5.32 Å². The van der Waals surface area contributed by atoms with E-state index in [4.69, 9.17) is 0 Å². The van der Waals surface area contributed by atoms with E-state index in [1.807, 2.05) is 13.0 Å². The number of hydrogen-bond donors (Lipinski definition) is 5. The number of thioether (sulfide) groups is 2. The molecule has 13 nitrogen and oxygen atoms in total. The Morgan fingerprint density at radius 2 is 2.11 bits per heavy atom. The van der Waals surface area contributed by atoms with Crippen LogP contribution in [0.5, 0.6) is 0 Å². The van der Waals surface area contributed by atoms with Crippen LogP contribution >= 0.6 is 23.5 Å². The normalized spacial score (nSPS) is 21.1. The molecule has 184 valence electrons. The van der Waals surface area contributed by atoms with Crippen LogP contribution in [0.4, 0.5) is 0 Å². The lowest BCUT2D eigenvalue weighted by molar-refractivity contribution is -0.151. The highest BCUT2D eigenvalue weighted by atomic mass is 32.2. The molecule has 3 heterocycles. The van der Waals surface area contributed by atoms with Gasteiger partial charge in [-0.15, -0.1) is 22.0 Å². The van der Waals surface area contributed by atoms with Gasteiger partial charge in [0.15, 0.2) is 6.10 Å². The van der Waals surface area contributed by atoms with Crippen molar-refractivity contribution in [3.63, 3.8) is 0 Å². The molecular formula is C20H20N6O7S2. The van der Waals surface area contributed by atoms with E-state index < -0.39 is 52.9 Å². The minimum atomic E-state index is -1.50. The highest BCUT2D eigenvalue weighted by Crippen LogP contribution is 2.44. The summed E-state index contributed by atoms with van der Waals surface area (Å²) < 4.78 is 0. The van der Waals surface area contributed by atoms with E-state index >= 15 is 0 Å². The fraction of sp³-hybridized carbons (Fsp3) is 0.350. The summed E-state index contributed by atoms with van der Waals surface area (Å²) in [6, 6.07) is 5.70. The number of benzene rings is 1. The number of aromatic amines is 1. The lowest BCUT2D eigenvalue weighted by Crippen LogP contribution is -2.71. The number of aryl methyl sites for hydroxylation is 1. The van der Waals surface area contributed by atoms with Gasteiger partial charge in [-0.25, -0.2) is 4.79 Å². The number of aliphatic hydroxyl groups is 1. The first kappa shape index (κ1) is 24.7. The van der Waals surface area contributed by atoms with E-state index in [1.54, 1.807) is 18.2 Å². The number of amides is 2. The Kier molecular flexibility index (Phi) is 7.09. The highest BCUT2D eigenvalue weighted by molar-refractivity contribution is 8.01. The van der Waals surface area contributed by atoms with Gasteiger partial charge in [0, 0.05) is 11.0 Å². The van der Waals surface area contributed by atoms with Crippen LogP contribution in [0.15, 0.2) is 40.7 Å². The largest absolute Gasteiger partial charge is 0.481 e. The van der Waals surface area contributed by atoms with Crippen LogP contribution in [0.25, 0.3) is 0 Å². The monoisotopic (exact) mass is 520 g/mol. The average molecular weight is 521 g/mol. The number of nitrogens with one attached hydrogen (secondary N) is 2. The number of aromatic nitrogens is 4. The smallest absolute Gasteiger partial charge is 0.352 e. The third-order valence-corrected chi connectivity index (χ3v) is 7.85. The maximum Gasteiger partial charge on any atom is 0.352 e. The van der Waals surface area contributed by atoms with Gasteiger partial charge in [-0.2, -0.15) is 5.21 Å². The van der Waals surface area contributed by atoms with E-state index in [0.29, 0.717) is 5.56 Å². The summed E-state index contributed by atoms with van der Waals surface area (Å²) in [6.45, 7) is 1.81. The van der Waals surface area contributed by atoms with E-state index in [-0.39, 0.29) is 22.2 Å². The molecule has 1 aromatic carbocycles. The second-order valence-electron chi connectivity index (χ2n) is 7.79. The van der Waals surface area contributed by atoms with E-state index in [9.17, 15) is 34.5 Å². The number of hydrogen-bond acceptors (Lipinski definition) is 10. The van der Waals surface area contributed by atoms with Crippen molar-refractivity contribution in [2.45, 2.75) is 41.3 Å². The van der Waals surface area contributed by atoms with Gasteiger partial charge in [0.2, 0.25) is 5.16 Å². The molecule has 15 heteroatoms. The molecule has 5 N–H and O–H groups in total. The molecule has 2 aliphatic heterocycles. The van der Waals surface area contributed by atoms with Crippen molar-refractivity contribution in [2.75, 3.05) is 5.75 Å². The molecule has 1 saturated heterocycles. The summed E-state index contributed by atoms with van der Waals surface area (Å²) in [4.78, 5) is 50.2. The van der Waals surface area contributed by atoms with Crippen molar-refractivity contribution in [2.24, 2.45) is 0 Å². The van der Waals surface area contributed by atoms with Gasteiger partial charge in [0.25, 0.3) is 11.8 Å². The van der Waals surface area contributed by atoms with Crippen molar-refractivity contribution < 1.29 is 34.5 Å². The molecule has 4 rings (SSSR count). The molecule has 2 aromatic rings. The van der Waals surface area contributed by atoms with Crippen LogP contribution in [0.3, 0.4) is 0 Å². The second kappa shape index (κ2) is 10.1. The third kappa shape index (κ3) is 5.01. The SMILES string of the molecule is Cc1cccc(C(O)C(=O)NC2C(=O)N3C(C(=O)O)=C(C(CC(=O)O)Sc4nn[nH]n4)CS[C@@H]23)c1. The molecule has 2 amide bonds. The van der Waals surface area contributed by atoms with Crippen molar-refractivity contribution in [3.8, 4) is 0 Å². The predicted octanol–water partition coefficient (Wildman–Crippen LogP) is -0.0843. The first-order chi connectivity index (χ1) is 16.7. The maximum absolute atomic E-state index is 12.9. The van der Waals surface area contributed by atoms with Gasteiger partial charge in [0.05, 0.1) is 6.42 Å². The van der Waals surface area contributed by atoms with Crippen molar-refractivity contribution in [1.29, 1.82) is 0 Å². The van der Waals surface area contributed by atoms with Crippen LogP contribution in [0, 0.1) is 6.92 Å². The number of carboxylic acids is 2. The summed E-state index contributed by atoms with van der Waals surface area (Å²) in [5.41, 5.74) is 1.12. The van der Waals surface area contributed by atoms with Crippen LogP contribution in [-0.4, -0.2) is 87.0 Å². The number of aliphatic carboxylic acids is 2. The summed E-state index contributed by atoms with van der Waals surface area (Å²) in [6.07, 6.45) is -1.93. The number of fused-ring (bicyclic) bond motifs is 1. The Labute approximate surface area is 206 Å². The first-order valence-corrected chi connectivity index (χ1v) is 12.2. The minimum Gasteiger partial charge on any atom is -0.481 e. The molecule has 0 bridgehead atoms. The molecule has 3 unspecified atom stereocenters. The van der Waals surface area contributed by atoms with Crippen molar-refractivity contribution in [3.05, 3.63) is 46.7 Å². The summed E-state index contributed by atoms with van der Waals surface area (Å²) in [7, 11) is 0. The number of carbonyl (C=O) groups excluding carboxylic acids is 2. The molecule has 35 heavy (non-hydrogen) atoms. The van der Waals surface area contributed by atoms with Gasteiger partial charge < -0.3 is 20.6 Å². The van der Waals surface area contributed by atoms with E-state index in [1.165, 1.54) is 11.8 Å². The number of nitrogens with zero attached hydrogens (tertiary/aromatic N) is 4. The summed E-state index contributed by atoms with van der Waals surface area (Å²) in [5.74, 6) is -3.91. The number of carbonyl (C=O) groups is 4. The number of aliphatic hydroxyl groups excluding tert-OH is 1. The summed E-state index contributed by atoms with van der Waals surface area (Å²) >= 11 is 2.11. The topological polar surface area (TPSA) is 199 Å². The predicted molar refractivity (Wildman–Crippen MR) is 122 cm³/mol. The Hall–Kier alpha value is -3.43. The molecule has 4 atom stereocenters. The average Bonchev–Trinajstić information content (AvgIpc) is 3.33. The standard InChI is InChI=1S/C20H20N6O7S2/c1-8-3-2-4-9(5-8)15(29)16(30)21-13-17(31)26-14(19(32)33)10(7-34-18(13)26)11(6-12(27)28)35-20-22-24-25-23-20/h2-5,11,13,15,18,29H,6-7H2,1H3,(H,21,30)(H,27,28)(H,32,33)(H,22,23,24,25)/t11?,13?,15?,18-/m0/s1. The fourth-order valence-corrected chi connectivity index (χ4v) is 6.37. The number of tetrazole rings is 1. The second-order valence-corrected chi connectivity index (χ2v) is 10.1. The quantitative estimate of drug-likeness (QED) is 0.218. The Bertz CT molecular complexity index is 1200. The van der Waals surface area contributed by atoms with Gasteiger partial charge >= 0.3 is 11.9 Å². The zero-order valence-electron chi connectivity index (χ0n) is 18.1. The fourth-order valence-electron chi connectivity index (χ4n) is 3.84. The number of rotatable bonds is 9. The van der Waals surface area contributed by atoms with Gasteiger partial charge in [-0.1, -0.05) is 41.6 Å². The van der Waals surface area contributed by atoms with Gasteiger partial charge in [0.1, 0.15) is 17.1 Å². The Morgan fingerprint density at radius 3 is 2.74 bits per heavy atom. The van der Waals surface area contributed by atoms with E-state index in [0.717, 1.165) is 22.2 Å². The Balaban J connectivity index is 1.55. The molecule has 1 fully saturated rings. The Morgan fingerprint density at radius 1 is 1.34 bits per heavy atom. The van der Waals surface area contributed by atoms with Crippen LogP contribution in [-0.2, 0) is 19.2 Å². The molecule has 0 spiro atoms. The minimum absolute atomic E-state index is 0.103. The zero-order chi connectivity index (χ0) is 25.3. The molecule has 0 radical (unpaired) electrons. The first-order valence-electron chi connectivity index (χ1n) is 10.2. The lowest BCUT2D eigenvalue weighted by atomic mass is 9.99. The molecule has 0 saturated carbocycles. The molecule has 1 aromatic heterocycles. The molecule has 0 aliphatic carbocycles. The number of H-pyrrole nitrogens is 1. The van der Waals surface area contributed by atoms with Crippen LogP contribution in [0.2, 0.25) is 0 Å². The number of β-lactam (4-membered cyclic amide) rings is 1. The third-order valence-electron chi connectivity index (χ3n) is 5.43. The van der Waals surface area contributed by atoms with Crippen LogP contribution in [0.1, 0.15) is 23.7 Å². The molecule has 2 aliphatic rings. The molecular weight excluding hydrogens is 500 g/mol. The maximum atomic E-state index is 12.9. The summed E-state index contributed by atoms with van der Waals surface area (Å²) in [5, 5.41) is 43.9. The van der Waals surface area contributed by atoms with Gasteiger partial charge in [-0.3, -0.25) is 19.3 Å². The highest BCUT2D eigenvalue weighted by Gasteiger charge is 2.55. The van der Waals surface area contributed by atoms with Gasteiger partial charge in [-0.05, 0) is 23.3 Å². The number of carboxylic acid groups (broad SMARTS) is 2. The zero-order valence-corrected chi connectivity index (χ0v) is 19.7. The lowest BCUT2D eigenvalue weighted by Gasteiger charge is -2.50. The van der Waals surface area contributed by atoms with E-state index in [2.05, 4.69) is 25.9 Å².